The molecule has 2 unspecified atom stereocenters. The van der Waals surface area contributed by atoms with E-state index in [2.05, 4.69) is 25.6 Å². The number of nitrogens with one attached hydrogen (secondary N) is 2. The molecule has 0 saturated heterocycles. The molecule has 0 bridgehead atoms. The number of rotatable bonds is 7. The standard InChI is InChI=1S/C20H23N7O3/c1-11(28)18(20(30)27(2)3)25-14-6-13(8-22-15(14)7-21)16-9-24-17(10-23-16)26-19(29)12-4-5-12/h6,8-12,18,25,28H,4-5H2,1-3H3,(H,24,26,29). The van der Waals surface area contributed by atoms with Crippen molar-refractivity contribution in [2.75, 3.05) is 24.7 Å². The molecule has 1 aliphatic rings. The minimum atomic E-state index is -0.996. The van der Waals surface area contributed by atoms with Crippen molar-refractivity contribution in [3.8, 4) is 17.3 Å². The number of likely N-dealkylation sites (N-methyl/N-ethyl adjacent to an activating group) is 1. The molecule has 2 aromatic heterocycles. The van der Waals surface area contributed by atoms with E-state index < -0.39 is 12.1 Å². The first-order chi connectivity index (χ1) is 14.3. The Labute approximate surface area is 174 Å². The van der Waals surface area contributed by atoms with E-state index in [1.54, 1.807) is 20.2 Å². The zero-order valence-corrected chi connectivity index (χ0v) is 17.0. The van der Waals surface area contributed by atoms with Crippen LogP contribution in [0.2, 0.25) is 0 Å². The highest BCUT2D eigenvalue weighted by atomic mass is 16.3. The molecule has 3 rings (SSSR count). The number of hydrogen-bond acceptors (Lipinski definition) is 8. The van der Waals surface area contributed by atoms with Gasteiger partial charge in [0.15, 0.2) is 11.5 Å². The van der Waals surface area contributed by atoms with Crippen LogP contribution in [0.15, 0.2) is 24.7 Å². The van der Waals surface area contributed by atoms with Crippen LogP contribution in [-0.2, 0) is 9.59 Å². The van der Waals surface area contributed by atoms with Crippen LogP contribution in [0.4, 0.5) is 11.5 Å². The molecule has 2 amide bonds. The highest BCUT2D eigenvalue weighted by Crippen LogP contribution is 2.30. The summed E-state index contributed by atoms with van der Waals surface area (Å²) in [7, 11) is 3.16. The van der Waals surface area contributed by atoms with Crippen LogP contribution in [0.25, 0.3) is 11.3 Å². The topological polar surface area (TPSA) is 144 Å². The summed E-state index contributed by atoms with van der Waals surface area (Å²) in [5, 5.41) is 25.0. The van der Waals surface area contributed by atoms with E-state index in [1.165, 1.54) is 30.4 Å². The zero-order chi connectivity index (χ0) is 21.8. The van der Waals surface area contributed by atoms with E-state index in [4.69, 9.17) is 0 Å². The highest BCUT2D eigenvalue weighted by molar-refractivity contribution is 5.93. The molecule has 0 aliphatic heterocycles. The van der Waals surface area contributed by atoms with Crippen LogP contribution < -0.4 is 10.6 Å². The summed E-state index contributed by atoms with van der Waals surface area (Å²) in [4.78, 5) is 38.2. The monoisotopic (exact) mass is 409 g/mol. The van der Waals surface area contributed by atoms with Gasteiger partial charge < -0.3 is 20.6 Å². The van der Waals surface area contributed by atoms with Crippen molar-refractivity contribution in [3.05, 3.63) is 30.4 Å². The van der Waals surface area contributed by atoms with E-state index in [-0.39, 0.29) is 23.4 Å². The molecule has 0 aromatic carbocycles. The quantitative estimate of drug-likeness (QED) is 0.614. The van der Waals surface area contributed by atoms with Gasteiger partial charge in [0.25, 0.3) is 0 Å². The zero-order valence-electron chi connectivity index (χ0n) is 17.0. The van der Waals surface area contributed by atoms with Gasteiger partial charge in [0.1, 0.15) is 12.1 Å². The van der Waals surface area contributed by atoms with Crippen molar-refractivity contribution in [1.29, 1.82) is 5.26 Å². The molecule has 1 aliphatic carbocycles. The third kappa shape index (κ3) is 4.87. The van der Waals surface area contributed by atoms with Crippen molar-refractivity contribution in [2.24, 2.45) is 5.92 Å². The Morgan fingerprint density at radius 1 is 1.23 bits per heavy atom. The smallest absolute Gasteiger partial charge is 0.247 e. The van der Waals surface area contributed by atoms with E-state index in [0.29, 0.717) is 22.8 Å². The predicted octanol–water partition coefficient (Wildman–Crippen LogP) is 1.01. The molecule has 2 aromatic rings. The van der Waals surface area contributed by atoms with Gasteiger partial charge in [-0.05, 0) is 25.8 Å². The maximum absolute atomic E-state index is 12.4. The fraction of sp³-hybridized carbons (Fsp3) is 0.400. The van der Waals surface area contributed by atoms with Crippen LogP contribution in [-0.4, -0.2) is 63.0 Å². The summed E-state index contributed by atoms with van der Waals surface area (Å²) in [5.41, 5.74) is 1.42. The maximum atomic E-state index is 12.4. The number of carbonyl (C=O) groups excluding carboxylic acids is 2. The highest BCUT2D eigenvalue weighted by Gasteiger charge is 2.30. The van der Waals surface area contributed by atoms with Gasteiger partial charge >= 0.3 is 0 Å². The lowest BCUT2D eigenvalue weighted by molar-refractivity contribution is -0.131. The number of carbonyl (C=O) groups is 2. The van der Waals surface area contributed by atoms with E-state index >= 15 is 0 Å². The van der Waals surface area contributed by atoms with Crippen molar-refractivity contribution >= 4 is 23.3 Å². The average Bonchev–Trinajstić information content (AvgIpc) is 3.57. The Hall–Kier alpha value is -3.58. The summed E-state index contributed by atoms with van der Waals surface area (Å²) in [6, 6.07) is 2.64. The summed E-state index contributed by atoms with van der Waals surface area (Å²) < 4.78 is 0. The molecule has 1 fully saturated rings. The number of aliphatic hydroxyl groups excluding tert-OH is 1. The van der Waals surface area contributed by atoms with E-state index in [1.807, 2.05) is 6.07 Å². The fourth-order valence-corrected chi connectivity index (χ4v) is 2.75. The first-order valence-electron chi connectivity index (χ1n) is 9.49. The van der Waals surface area contributed by atoms with Gasteiger partial charge in [-0.25, -0.2) is 9.97 Å². The molecule has 2 heterocycles. The molecular formula is C20H23N7O3. The second-order valence-corrected chi connectivity index (χ2v) is 7.38. The first kappa shape index (κ1) is 21.1. The van der Waals surface area contributed by atoms with Crippen LogP contribution in [0.3, 0.4) is 0 Å². The number of pyridine rings is 1. The van der Waals surface area contributed by atoms with Gasteiger partial charge in [0.2, 0.25) is 11.8 Å². The van der Waals surface area contributed by atoms with Gasteiger partial charge in [-0.15, -0.1) is 0 Å². The van der Waals surface area contributed by atoms with Crippen molar-refractivity contribution in [3.63, 3.8) is 0 Å². The molecule has 10 nitrogen and oxygen atoms in total. The van der Waals surface area contributed by atoms with Crippen molar-refractivity contribution < 1.29 is 14.7 Å². The molecule has 0 spiro atoms. The molecule has 2 atom stereocenters. The van der Waals surface area contributed by atoms with Crippen molar-refractivity contribution in [2.45, 2.75) is 31.9 Å². The van der Waals surface area contributed by atoms with Crippen LogP contribution in [0, 0.1) is 17.2 Å². The first-order valence-corrected chi connectivity index (χ1v) is 9.49. The Morgan fingerprint density at radius 3 is 2.50 bits per heavy atom. The minimum absolute atomic E-state index is 0.0571. The van der Waals surface area contributed by atoms with Gasteiger partial charge in [0.05, 0.1) is 29.9 Å². The lowest BCUT2D eigenvalue weighted by atomic mass is 10.1. The number of aromatic nitrogens is 3. The second kappa shape index (κ2) is 8.84. The minimum Gasteiger partial charge on any atom is -0.391 e. The third-order valence-electron chi connectivity index (χ3n) is 4.64. The number of amides is 2. The lowest BCUT2D eigenvalue weighted by Gasteiger charge is -2.25. The molecule has 0 radical (unpaired) electrons. The van der Waals surface area contributed by atoms with Gasteiger partial charge in [-0.1, -0.05) is 0 Å². The molecule has 156 valence electrons. The Bertz CT molecular complexity index is 979. The van der Waals surface area contributed by atoms with Crippen LogP contribution >= 0.6 is 0 Å². The summed E-state index contributed by atoms with van der Waals surface area (Å²) in [6.07, 6.45) is 5.22. The molecule has 1 saturated carbocycles. The number of hydrogen-bond donors (Lipinski definition) is 3. The SMILES string of the molecule is CC(O)C(Nc1cc(-c2cnc(NC(=O)C3CC3)cn2)cnc1C#N)C(=O)N(C)C. The van der Waals surface area contributed by atoms with Crippen molar-refractivity contribution in [1.82, 2.24) is 19.9 Å². The Morgan fingerprint density at radius 2 is 1.97 bits per heavy atom. The largest absolute Gasteiger partial charge is 0.391 e. The predicted molar refractivity (Wildman–Crippen MR) is 109 cm³/mol. The third-order valence-corrected chi connectivity index (χ3v) is 4.64. The molecular weight excluding hydrogens is 386 g/mol. The van der Waals surface area contributed by atoms with Gasteiger partial charge in [-0.3, -0.25) is 14.6 Å². The summed E-state index contributed by atoms with van der Waals surface area (Å²) in [5.74, 6) is 0.0315. The summed E-state index contributed by atoms with van der Waals surface area (Å²) in [6.45, 7) is 1.49. The molecule has 30 heavy (non-hydrogen) atoms. The van der Waals surface area contributed by atoms with Crippen LogP contribution in [0.5, 0.6) is 0 Å². The van der Waals surface area contributed by atoms with Crippen LogP contribution in [0.1, 0.15) is 25.5 Å². The van der Waals surface area contributed by atoms with Gasteiger partial charge in [-0.2, -0.15) is 5.26 Å². The molecule has 3 N–H and O–H groups in total. The Kier molecular flexibility index (Phi) is 6.23. The summed E-state index contributed by atoms with van der Waals surface area (Å²) >= 11 is 0. The molecule has 10 heteroatoms. The second-order valence-electron chi connectivity index (χ2n) is 7.38. The fourth-order valence-electron chi connectivity index (χ4n) is 2.75. The Balaban J connectivity index is 1.83. The number of nitriles is 1. The normalized spacial score (nSPS) is 14.9. The lowest BCUT2D eigenvalue weighted by Crippen LogP contribution is -2.45. The average molecular weight is 409 g/mol. The van der Waals surface area contributed by atoms with Gasteiger partial charge in [0, 0.05) is 31.8 Å². The number of aliphatic hydroxyl groups is 1. The van der Waals surface area contributed by atoms with E-state index in [0.717, 1.165) is 12.8 Å². The number of anilines is 2. The number of nitrogens with zero attached hydrogens (tertiary/aromatic N) is 5. The van der Waals surface area contributed by atoms with E-state index in [9.17, 15) is 20.0 Å². The maximum Gasteiger partial charge on any atom is 0.247 e.